The van der Waals surface area contributed by atoms with Gasteiger partial charge in [-0.15, -0.1) is 5.11 Å². The van der Waals surface area contributed by atoms with Gasteiger partial charge in [0.25, 0.3) is 0 Å². The van der Waals surface area contributed by atoms with Crippen LogP contribution in [0, 0.1) is 0 Å². The predicted molar refractivity (Wildman–Crippen MR) is 60.7 cm³/mol. The Morgan fingerprint density at radius 2 is 2.18 bits per heavy atom. The highest BCUT2D eigenvalue weighted by Crippen LogP contribution is 2.09. The van der Waals surface area contributed by atoms with Gasteiger partial charge in [0, 0.05) is 6.08 Å². The first-order chi connectivity index (χ1) is 8.18. The summed E-state index contributed by atoms with van der Waals surface area (Å²) in [6, 6.07) is 9.35. The lowest BCUT2D eigenvalue weighted by molar-refractivity contribution is 0.131. The number of rotatable bonds is 3. The molecule has 1 aromatic carbocycles. The van der Waals surface area contributed by atoms with Gasteiger partial charge in [-0.05, 0) is 5.56 Å². The molecule has 2 rings (SSSR count). The van der Waals surface area contributed by atoms with E-state index in [0.29, 0.717) is 0 Å². The van der Waals surface area contributed by atoms with E-state index in [4.69, 9.17) is 10.5 Å². The molecule has 0 saturated carbocycles. The molecule has 0 spiro atoms. The fourth-order valence-electron chi connectivity index (χ4n) is 1.30. The minimum Gasteiger partial charge on any atom is -0.445 e. The second-order valence-corrected chi connectivity index (χ2v) is 3.54. The molecule has 6 nitrogen and oxygen atoms in total. The standard InChI is InChI=1S/C11H12N4O2/c12-11(6-7-13-15-11)14-10(16)17-8-9-4-2-1-3-5-9/h1-7H,8,12H2,(H,14,16). The van der Waals surface area contributed by atoms with Crippen LogP contribution in [0.5, 0.6) is 0 Å². The van der Waals surface area contributed by atoms with Crippen molar-refractivity contribution in [1.82, 2.24) is 5.32 Å². The van der Waals surface area contributed by atoms with Crippen molar-refractivity contribution in [3.05, 3.63) is 48.2 Å². The Labute approximate surface area is 98.2 Å². The van der Waals surface area contributed by atoms with Gasteiger partial charge in [-0.2, -0.15) is 5.11 Å². The van der Waals surface area contributed by atoms with E-state index in [9.17, 15) is 4.79 Å². The summed E-state index contributed by atoms with van der Waals surface area (Å²) in [4.78, 5) is 11.4. The first-order valence-electron chi connectivity index (χ1n) is 5.05. The van der Waals surface area contributed by atoms with Crippen molar-refractivity contribution in [2.24, 2.45) is 16.0 Å². The van der Waals surface area contributed by atoms with Crippen LogP contribution in [-0.4, -0.2) is 11.9 Å². The average molecular weight is 232 g/mol. The van der Waals surface area contributed by atoms with Crippen molar-refractivity contribution in [3.63, 3.8) is 0 Å². The van der Waals surface area contributed by atoms with Crippen molar-refractivity contribution in [2.75, 3.05) is 0 Å². The molecule has 1 heterocycles. The number of nitrogens with zero attached hydrogens (tertiary/aromatic N) is 2. The summed E-state index contributed by atoms with van der Waals surface area (Å²) in [5, 5.41) is 9.59. The molecular formula is C11H12N4O2. The molecule has 1 unspecified atom stereocenters. The molecule has 0 saturated heterocycles. The molecule has 1 atom stereocenters. The molecule has 1 aliphatic rings. The fourth-order valence-corrected chi connectivity index (χ4v) is 1.30. The number of azo groups is 1. The number of hydrogen-bond donors (Lipinski definition) is 2. The average Bonchev–Trinajstić information content (AvgIpc) is 2.74. The summed E-state index contributed by atoms with van der Waals surface area (Å²) in [5.41, 5.74) is 6.57. The van der Waals surface area contributed by atoms with Crippen molar-refractivity contribution in [3.8, 4) is 0 Å². The summed E-state index contributed by atoms with van der Waals surface area (Å²) in [6.45, 7) is 0.184. The van der Waals surface area contributed by atoms with E-state index in [1.807, 2.05) is 30.3 Å². The van der Waals surface area contributed by atoms with E-state index in [1.165, 1.54) is 12.3 Å². The van der Waals surface area contributed by atoms with E-state index in [1.54, 1.807) is 0 Å². The van der Waals surface area contributed by atoms with Crippen LogP contribution in [0.2, 0.25) is 0 Å². The Balaban J connectivity index is 1.82. The summed E-state index contributed by atoms with van der Waals surface area (Å²) in [5.74, 6) is -1.28. The largest absolute Gasteiger partial charge is 0.445 e. The van der Waals surface area contributed by atoms with Crippen LogP contribution < -0.4 is 11.1 Å². The number of hydrogen-bond acceptors (Lipinski definition) is 5. The molecule has 1 aliphatic heterocycles. The van der Waals surface area contributed by atoms with Crippen molar-refractivity contribution >= 4 is 6.09 Å². The number of ether oxygens (including phenoxy) is 1. The van der Waals surface area contributed by atoms with Gasteiger partial charge in [0.05, 0.1) is 6.20 Å². The lowest BCUT2D eigenvalue weighted by Crippen LogP contribution is -2.51. The Morgan fingerprint density at radius 1 is 1.41 bits per heavy atom. The van der Waals surface area contributed by atoms with Gasteiger partial charge in [0.15, 0.2) is 0 Å². The van der Waals surface area contributed by atoms with Gasteiger partial charge in [0.1, 0.15) is 6.61 Å². The van der Waals surface area contributed by atoms with Gasteiger partial charge in [0.2, 0.25) is 5.79 Å². The smallest absolute Gasteiger partial charge is 0.410 e. The highest BCUT2D eigenvalue weighted by molar-refractivity contribution is 5.68. The zero-order valence-electron chi connectivity index (χ0n) is 9.04. The molecule has 0 aliphatic carbocycles. The number of carbonyl (C=O) groups excluding carboxylic acids is 1. The molecule has 1 aromatic rings. The highest BCUT2D eigenvalue weighted by Gasteiger charge is 2.26. The van der Waals surface area contributed by atoms with Gasteiger partial charge in [-0.3, -0.25) is 11.1 Å². The normalized spacial score (nSPS) is 21.5. The number of alkyl carbamates (subject to hydrolysis) is 1. The Hall–Kier alpha value is -2.21. The predicted octanol–water partition coefficient (Wildman–Crippen LogP) is 1.50. The first-order valence-corrected chi connectivity index (χ1v) is 5.05. The summed E-state index contributed by atoms with van der Waals surface area (Å²) < 4.78 is 4.99. The quantitative estimate of drug-likeness (QED) is 0.774. The summed E-state index contributed by atoms with van der Waals surface area (Å²) in [6.07, 6.45) is 2.25. The molecule has 0 fully saturated rings. The number of nitrogens with one attached hydrogen (secondary N) is 1. The Kier molecular flexibility index (Phi) is 3.15. The SMILES string of the molecule is NC1(NC(=O)OCc2ccccc2)C=CN=N1. The molecule has 3 N–H and O–H groups in total. The molecule has 0 radical (unpaired) electrons. The van der Waals surface area contributed by atoms with E-state index >= 15 is 0 Å². The maximum absolute atomic E-state index is 11.4. The minimum atomic E-state index is -1.28. The number of benzene rings is 1. The molecule has 6 heteroatoms. The molecular weight excluding hydrogens is 220 g/mol. The number of nitrogens with two attached hydrogens (primary N) is 1. The molecule has 88 valence electrons. The second-order valence-electron chi connectivity index (χ2n) is 3.54. The molecule has 0 bridgehead atoms. The lowest BCUT2D eigenvalue weighted by atomic mass is 10.2. The number of carbonyl (C=O) groups is 1. The summed E-state index contributed by atoms with van der Waals surface area (Å²) >= 11 is 0. The minimum absolute atomic E-state index is 0.184. The van der Waals surface area contributed by atoms with Crippen molar-refractivity contribution in [1.29, 1.82) is 0 Å². The molecule has 1 amide bonds. The van der Waals surface area contributed by atoms with E-state index in [2.05, 4.69) is 15.5 Å². The van der Waals surface area contributed by atoms with Gasteiger partial charge < -0.3 is 4.74 Å². The van der Waals surface area contributed by atoms with E-state index in [-0.39, 0.29) is 6.61 Å². The maximum Gasteiger partial charge on any atom is 0.410 e. The lowest BCUT2D eigenvalue weighted by Gasteiger charge is -2.17. The van der Waals surface area contributed by atoms with Crippen LogP contribution in [0.15, 0.2) is 52.8 Å². The Morgan fingerprint density at radius 3 is 2.82 bits per heavy atom. The van der Waals surface area contributed by atoms with Crippen LogP contribution in [0.1, 0.15) is 5.56 Å². The molecule has 0 aromatic heterocycles. The fraction of sp³-hybridized carbons (Fsp3) is 0.182. The first kappa shape index (κ1) is 11.3. The third-order valence-electron chi connectivity index (χ3n) is 2.13. The molecule has 17 heavy (non-hydrogen) atoms. The Bertz CT molecular complexity index is 444. The van der Waals surface area contributed by atoms with Gasteiger partial charge >= 0.3 is 6.09 Å². The zero-order valence-corrected chi connectivity index (χ0v) is 9.04. The highest BCUT2D eigenvalue weighted by atomic mass is 16.5. The van der Waals surface area contributed by atoms with E-state index < -0.39 is 11.9 Å². The van der Waals surface area contributed by atoms with Crippen LogP contribution in [0.25, 0.3) is 0 Å². The third kappa shape index (κ3) is 3.12. The van der Waals surface area contributed by atoms with Crippen molar-refractivity contribution < 1.29 is 9.53 Å². The zero-order chi connectivity index (χ0) is 12.1. The monoisotopic (exact) mass is 232 g/mol. The topological polar surface area (TPSA) is 89.1 Å². The third-order valence-corrected chi connectivity index (χ3v) is 2.13. The number of amides is 1. The van der Waals surface area contributed by atoms with Crippen LogP contribution in [0.4, 0.5) is 4.79 Å². The van der Waals surface area contributed by atoms with Gasteiger partial charge in [-0.1, -0.05) is 30.3 Å². The van der Waals surface area contributed by atoms with E-state index in [0.717, 1.165) is 5.56 Å². The summed E-state index contributed by atoms with van der Waals surface area (Å²) in [7, 11) is 0. The van der Waals surface area contributed by atoms with Crippen molar-refractivity contribution in [2.45, 2.75) is 12.4 Å². The second kappa shape index (κ2) is 4.75. The maximum atomic E-state index is 11.4. The van der Waals surface area contributed by atoms with Crippen LogP contribution in [-0.2, 0) is 11.3 Å². The van der Waals surface area contributed by atoms with Crippen LogP contribution in [0.3, 0.4) is 0 Å². The van der Waals surface area contributed by atoms with Crippen LogP contribution >= 0.6 is 0 Å². The van der Waals surface area contributed by atoms with Gasteiger partial charge in [-0.25, -0.2) is 4.79 Å².